The summed E-state index contributed by atoms with van der Waals surface area (Å²) in [4.78, 5) is 12.5. The molecule has 0 radical (unpaired) electrons. The van der Waals surface area contributed by atoms with Gasteiger partial charge < -0.3 is 10.1 Å². The number of para-hydroxylation sites is 1. The number of nitrogens with zero attached hydrogens (tertiary/aromatic N) is 4. The first-order valence-electron chi connectivity index (χ1n) is 8.26. The maximum absolute atomic E-state index is 12.5. The second-order valence-electron chi connectivity index (χ2n) is 5.51. The predicted octanol–water partition coefficient (Wildman–Crippen LogP) is 2.80. The lowest BCUT2D eigenvalue weighted by molar-refractivity contribution is 0.102. The normalized spacial score (nSPS) is 10.6. The number of anilines is 1. The van der Waals surface area contributed by atoms with Crippen molar-refractivity contribution in [3.05, 3.63) is 60.2 Å². The summed E-state index contributed by atoms with van der Waals surface area (Å²) >= 11 is 0. The Kier molecular flexibility index (Phi) is 5.13. The van der Waals surface area contributed by atoms with Crippen LogP contribution in [0.15, 0.2) is 49.1 Å². The van der Waals surface area contributed by atoms with Gasteiger partial charge in [-0.15, -0.1) is 0 Å². The average molecular weight is 339 g/mol. The smallest absolute Gasteiger partial charge is 0.259 e. The molecule has 1 aromatic carbocycles. The van der Waals surface area contributed by atoms with E-state index in [1.165, 1.54) is 0 Å². The van der Waals surface area contributed by atoms with E-state index in [1.54, 1.807) is 29.2 Å². The Morgan fingerprint density at radius 2 is 1.92 bits per heavy atom. The lowest BCUT2D eigenvalue weighted by Gasteiger charge is -2.09. The zero-order valence-electron chi connectivity index (χ0n) is 14.3. The Labute approximate surface area is 146 Å². The van der Waals surface area contributed by atoms with Crippen LogP contribution in [-0.4, -0.2) is 32.1 Å². The van der Waals surface area contributed by atoms with E-state index in [4.69, 9.17) is 4.74 Å². The van der Waals surface area contributed by atoms with Crippen LogP contribution in [0.1, 0.15) is 29.8 Å². The van der Waals surface area contributed by atoms with Crippen molar-refractivity contribution >= 4 is 11.6 Å². The van der Waals surface area contributed by atoms with Crippen molar-refractivity contribution in [1.82, 2.24) is 19.6 Å². The van der Waals surface area contributed by atoms with Gasteiger partial charge in [0.15, 0.2) is 0 Å². The number of ether oxygens (including phenoxy) is 1. The van der Waals surface area contributed by atoms with E-state index >= 15 is 0 Å². The molecule has 0 bridgehead atoms. The van der Waals surface area contributed by atoms with E-state index in [0.717, 1.165) is 12.1 Å². The molecule has 0 fully saturated rings. The van der Waals surface area contributed by atoms with Gasteiger partial charge in [-0.3, -0.25) is 14.2 Å². The molecule has 1 N–H and O–H groups in total. The number of hydrogen-bond donors (Lipinski definition) is 1. The highest BCUT2D eigenvalue weighted by Gasteiger charge is 2.13. The van der Waals surface area contributed by atoms with Gasteiger partial charge in [0.2, 0.25) is 0 Å². The van der Waals surface area contributed by atoms with Crippen molar-refractivity contribution in [2.24, 2.45) is 0 Å². The van der Waals surface area contributed by atoms with Crippen LogP contribution >= 0.6 is 0 Å². The molecule has 2 heterocycles. The third kappa shape index (κ3) is 4.06. The first-order valence-corrected chi connectivity index (χ1v) is 8.26. The molecule has 0 aliphatic rings. The molecule has 25 heavy (non-hydrogen) atoms. The van der Waals surface area contributed by atoms with E-state index < -0.39 is 0 Å². The Morgan fingerprint density at radius 1 is 1.12 bits per heavy atom. The summed E-state index contributed by atoms with van der Waals surface area (Å²) in [6, 6.07) is 7.18. The van der Waals surface area contributed by atoms with E-state index in [2.05, 4.69) is 15.5 Å². The van der Waals surface area contributed by atoms with Crippen LogP contribution in [0.25, 0.3) is 0 Å². The van der Waals surface area contributed by atoms with Gasteiger partial charge in [0.1, 0.15) is 5.75 Å². The van der Waals surface area contributed by atoms with Gasteiger partial charge in [0.05, 0.1) is 36.8 Å². The van der Waals surface area contributed by atoms with Gasteiger partial charge >= 0.3 is 0 Å². The molecule has 0 saturated heterocycles. The maximum atomic E-state index is 12.5. The minimum absolute atomic E-state index is 0.220. The number of amides is 1. The maximum Gasteiger partial charge on any atom is 0.259 e. The van der Waals surface area contributed by atoms with Crippen LogP contribution in [-0.2, 0) is 13.1 Å². The lowest BCUT2D eigenvalue weighted by Crippen LogP contribution is -2.13. The summed E-state index contributed by atoms with van der Waals surface area (Å²) in [6.07, 6.45) is 7.23. The summed E-state index contributed by atoms with van der Waals surface area (Å²) in [5.74, 6) is 0.351. The van der Waals surface area contributed by atoms with E-state index in [1.807, 2.05) is 43.1 Å². The number of nitrogens with one attached hydrogen (secondary N) is 1. The minimum Gasteiger partial charge on any atom is -0.493 e. The zero-order valence-corrected chi connectivity index (χ0v) is 14.3. The Morgan fingerprint density at radius 3 is 2.68 bits per heavy atom. The van der Waals surface area contributed by atoms with Crippen molar-refractivity contribution in [1.29, 1.82) is 0 Å². The summed E-state index contributed by atoms with van der Waals surface area (Å²) in [5.41, 5.74) is 2.20. The fourth-order valence-corrected chi connectivity index (χ4v) is 2.50. The molecule has 0 saturated carbocycles. The standard InChI is InChI=1S/C18H21N5O2/c1-3-22-11-14(9-19-22)12-23-13-15(10-20-23)21-18(24)16-7-5-6-8-17(16)25-4-2/h5-11,13H,3-4,12H2,1-2H3,(H,21,24). The van der Waals surface area contributed by atoms with Gasteiger partial charge in [0.25, 0.3) is 5.91 Å². The molecule has 0 atom stereocenters. The molecule has 1 amide bonds. The second-order valence-corrected chi connectivity index (χ2v) is 5.51. The highest BCUT2D eigenvalue weighted by molar-refractivity contribution is 6.06. The van der Waals surface area contributed by atoms with Gasteiger partial charge in [-0.05, 0) is 26.0 Å². The predicted molar refractivity (Wildman–Crippen MR) is 94.8 cm³/mol. The molecule has 0 aliphatic heterocycles. The van der Waals surface area contributed by atoms with Crippen molar-refractivity contribution < 1.29 is 9.53 Å². The van der Waals surface area contributed by atoms with Crippen LogP contribution in [0.5, 0.6) is 5.75 Å². The molecule has 2 aromatic heterocycles. The molecule has 0 unspecified atom stereocenters. The Hall–Kier alpha value is -3.09. The first-order chi connectivity index (χ1) is 12.2. The van der Waals surface area contributed by atoms with Crippen LogP contribution < -0.4 is 10.1 Å². The van der Waals surface area contributed by atoms with Crippen LogP contribution in [0, 0.1) is 0 Å². The molecular weight excluding hydrogens is 318 g/mol. The number of carbonyl (C=O) groups excluding carboxylic acids is 1. The SMILES string of the molecule is CCOc1ccccc1C(=O)Nc1cnn(Cc2cnn(CC)c2)c1. The third-order valence-corrected chi connectivity index (χ3v) is 3.68. The summed E-state index contributed by atoms with van der Waals surface area (Å²) in [6.45, 7) is 5.87. The fourth-order valence-electron chi connectivity index (χ4n) is 2.50. The van der Waals surface area contributed by atoms with Gasteiger partial charge in [-0.25, -0.2) is 0 Å². The summed E-state index contributed by atoms with van der Waals surface area (Å²) < 4.78 is 9.13. The van der Waals surface area contributed by atoms with Crippen molar-refractivity contribution in [3.63, 3.8) is 0 Å². The molecule has 7 heteroatoms. The largest absolute Gasteiger partial charge is 0.493 e. The van der Waals surface area contributed by atoms with Gasteiger partial charge in [-0.2, -0.15) is 10.2 Å². The topological polar surface area (TPSA) is 74.0 Å². The summed E-state index contributed by atoms with van der Waals surface area (Å²) in [7, 11) is 0. The first kappa shape index (κ1) is 16.8. The van der Waals surface area contributed by atoms with Crippen molar-refractivity contribution in [2.75, 3.05) is 11.9 Å². The Balaban J connectivity index is 1.67. The number of hydrogen-bond acceptors (Lipinski definition) is 4. The molecule has 7 nitrogen and oxygen atoms in total. The Bertz CT molecular complexity index is 853. The van der Waals surface area contributed by atoms with Crippen molar-refractivity contribution in [2.45, 2.75) is 26.9 Å². The number of carbonyl (C=O) groups is 1. The number of aryl methyl sites for hydroxylation is 1. The van der Waals surface area contributed by atoms with E-state index in [-0.39, 0.29) is 5.91 Å². The number of benzene rings is 1. The zero-order chi connectivity index (χ0) is 17.6. The highest BCUT2D eigenvalue weighted by atomic mass is 16.5. The molecule has 3 aromatic rings. The van der Waals surface area contributed by atoms with Gasteiger partial charge in [0, 0.05) is 24.5 Å². The quantitative estimate of drug-likeness (QED) is 0.718. The molecule has 3 rings (SSSR count). The van der Waals surface area contributed by atoms with Gasteiger partial charge in [-0.1, -0.05) is 12.1 Å². The molecule has 0 spiro atoms. The lowest BCUT2D eigenvalue weighted by atomic mass is 10.2. The molecule has 130 valence electrons. The second kappa shape index (κ2) is 7.65. The van der Waals surface area contributed by atoms with Crippen LogP contribution in [0.2, 0.25) is 0 Å². The van der Waals surface area contributed by atoms with Crippen molar-refractivity contribution in [3.8, 4) is 5.75 Å². The summed E-state index contributed by atoms with van der Waals surface area (Å²) in [5, 5.41) is 11.4. The van der Waals surface area contributed by atoms with Crippen LogP contribution in [0.3, 0.4) is 0 Å². The monoisotopic (exact) mass is 339 g/mol. The van der Waals surface area contributed by atoms with E-state index in [0.29, 0.717) is 30.2 Å². The average Bonchev–Trinajstić information content (AvgIpc) is 3.25. The van der Waals surface area contributed by atoms with E-state index in [9.17, 15) is 4.79 Å². The fraction of sp³-hybridized carbons (Fsp3) is 0.278. The number of aromatic nitrogens is 4. The minimum atomic E-state index is -0.220. The molecule has 0 aliphatic carbocycles. The van der Waals surface area contributed by atoms with Crippen LogP contribution in [0.4, 0.5) is 5.69 Å². The third-order valence-electron chi connectivity index (χ3n) is 3.68. The number of rotatable bonds is 7. The molecular formula is C18H21N5O2. The highest BCUT2D eigenvalue weighted by Crippen LogP contribution is 2.19.